The molecule has 0 amide bonds. The Morgan fingerprint density at radius 2 is 1.88 bits per heavy atom. The van der Waals surface area contributed by atoms with Gasteiger partial charge in [-0.1, -0.05) is 6.92 Å². The highest BCUT2D eigenvalue weighted by molar-refractivity contribution is 5.31. The molecule has 136 valence electrons. The smallest absolute Gasteiger partial charge is 0.129 e. The Bertz CT molecular complexity index is 675. The summed E-state index contributed by atoms with van der Waals surface area (Å²) in [4.78, 5) is 4.88. The van der Waals surface area contributed by atoms with Crippen molar-refractivity contribution in [3.05, 3.63) is 46.5 Å². The van der Waals surface area contributed by atoms with E-state index in [1.54, 1.807) is 0 Å². The Labute approximate surface area is 147 Å². The summed E-state index contributed by atoms with van der Waals surface area (Å²) in [5.41, 5.74) is 9.58. The van der Waals surface area contributed by atoms with Gasteiger partial charge in [0.15, 0.2) is 0 Å². The molecule has 6 heteroatoms. The molecule has 3 atom stereocenters. The van der Waals surface area contributed by atoms with Gasteiger partial charge in [0.1, 0.15) is 17.7 Å². The summed E-state index contributed by atoms with van der Waals surface area (Å²) in [6.45, 7) is 7.88. The van der Waals surface area contributed by atoms with Crippen molar-refractivity contribution < 1.29 is 13.5 Å². The van der Waals surface area contributed by atoms with Crippen LogP contribution in [-0.4, -0.2) is 61.2 Å². The lowest BCUT2D eigenvalue weighted by Crippen LogP contribution is -2.49. The van der Waals surface area contributed by atoms with Crippen molar-refractivity contribution in [3.8, 4) is 0 Å². The van der Waals surface area contributed by atoms with Gasteiger partial charge in [0.05, 0.1) is 6.61 Å². The molecule has 0 radical (unpaired) electrons. The first kappa shape index (κ1) is 17.1. The van der Waals surface area contributed by atoms with Gasteiger partial charge in [-0.05, 0) is 42.3 Å². The molecule has 25 heavy (non-hydrogen) atoms. The Balaban J connectivity index is 1.39. The third kappa shape index (κ3) is 3.24. The molecule has 3 heterocycles. The Morgan fingerprint density at radius 1 is 1.16 bits per heavy atom. The fourth-order valence-electron chi connectivity index (χ4n) is 4.32. The lowest BCUT2D eigenvalue weighted by Gasteiger charge is -2.39. The third-order valence-corrected chi connectivity index (χ3v) is 5.75. The van der Waals surface area contributed by atoms with E-state index >= 15 is 0 Å². The highest BCUT2D eigenvalue weighted by Crippen LogP contribution is 2.34. The van der Waals surface area contributed by atoms with Gasteiger partial charge in [-0.15, -0.1) is 0 Å². The fraction of sp³-hybridized carbons (Fsp3) is 0.579. The highest BCUT2D eigenvalue weighted by Gasteiger charge is 2.38. The van der Waals surface area contributed by atoms with E-state index in [9.17, 15) is 8.78 Å². The zero-order valence-corrected chi connectivity index (χ0v) is 14.5. The summed E-state index contributed by atoms with van der Waals surface area (Å²) in [7, 11) is 0. The zero-order valence-electron chi connectivity index (χ0n) is 14.5. The van der Waals surface area contributed by atoms with E-state index in [1.165, 1.54) is 17.2 Å². The van der Waals surface area contributed by atoms with Crippen molar-refractivity contribution in [2.45, 2.75) is 31.5 Å². The van der Waals surface area contributed by atoms with Crippen LogP contribution in [-0.2, 0) is 4.74 Å². The average molecular weight is 349 g/mol. The number of nitrogens with two attached hydrogens (primary N) is 1. The first-order valence-electron chi connectivity index (χ1n) is 9.03. The summed E-state index contributed by atoms with van der Waals surface area (Å²) in [6.07, 6.45) is 0.156. The molecule has 3 aliphatic heterocycles. The van der Waals surface area contributed by atoms with Crippen molar-refractivity contribution >= 4 is 0 Å². The summed E-state index contributed by atoms with van der Waals surface area (Å²) >= 11 is 0. The number of hydrogen-bond donors (Lipinski definition) is 1. The van der Waals surface area contributed by atoms with Crippen molar-refractivity contribution in [2.24, 2.45) is 5.73 Å². The van der Waals surface area contributed by atoms with E-state index in [-0.39, 0.29) is 17.6 Å². The first-order valence-corrected chi connectivity index (χ1v) is 9.03. The molecule has 1 aromatic carbocycles. The number of likely N-dealkylation sites (N-methyl/N-ethyl adjacent to an activating group) is 1. The highest BCUT2D eigenvalue weighted by atomic mass is 19.1. The number of benzene rings is 1. The van der Waals surface area contributed by atoms with E-state index in [1.807, 2.05) is 0 Å². The van der Waals surface area contributed by atoms with Crippen LogP contribution in [0.4, 0.5) is 8.78 Å². The van der Waals surface area contributed by atoms with Crippen LogP contribution in [0.1, 0.15) is 25.0 Å². The van der Waals surface area contributed by atoms with Crippen molar-refractivity contribution in [1.29, 1.82) is 0 Å². The lowest BCUT2D eigenvalue weighted by molar-refractivity contribution is -0.0469. The monoisotopic (exact) mass is 349 g/mol. The Hall–Kier alpha value is -1.34. The SMILES string of the molecule is CCN1CC2=C(C1)CN([C@H]1CO[C@H](c3cc(F)ccc3F)[C@@H](N)C1)C2. The van der Waals surface area contributed by atoms with Crippen LogP contribution in [0.5, 0.6) is 0 Å². The lowest BCUT2D eigenvalue weighted by atomic mass is 9.93. The Morgan fingerprint density at radius 3 is 2.52 bits per heavy atom. The Kier molecular flexibility index (Phi) is 4.62. The van der Waals surface area contributed by atoms with Gasteiger partial charge in [0.2, 0.25) is 0 Å². The minimum Gasteiger partial charge on any atom is -0.370 e. The van der Waals surface area contributed by atoms with Crippen LogP contribution in [0.25, 0.3) is 0 Å². The molecule has 0 saturated carbocycles. The molecular formula is C19H25F2N3O. The molecule has 3 aliphatic rings. The van der Waals surface area contributed by atoms with Gasteiger partial charge in [0, 0.05) is 43.8 Å². The average Bonchev–Trinajstić information content (AvgIpc) is 3.15. The van der Waals surface area contributed by atoms with Gasteiger partial charge in [0.25, 0.3) is 0 Å². The maximum absolute atomic E-state index is 14.0. The van der Waals surface area contributed by atoms with Crippen molar-refractivity contribution in [2.75, 3.05) is 39.3 Å². The minimum absolute atomic E-state index is 0.228. The van der Waals surface area contributed by atoms with E-state index in [2.05, 4.69) is 16.7 Å². The van der Waals surface area contributed by atoms with Crippen LogP contribution in [0.3, 0.4) is 0 Å². The van der Waals surface area contributed by atoms with Crippen LogP contribution >= 0.6 is 0 Å². The molecule has 0 aliphatic carbocycles. The van der Waals surface area contributed by atoms with Gasteiger partial charge >= 0.3 is 0 Å². The summed E-state index contributed by atoms with van der Waals surface area (Å²) in [6, 6.07) is 3.36. The molecule has 1 aromatic rings. The van der Waals surface area contributed by atoms with Crippen molar-refractivity contribution in [3.63, 3.8) is 0 Å². The van der Waals surface area contributed by atoms with Gasteiger partial charge < -0.3 is 10.5 Å². The second-order valence-corrected chi connectivity index (χ2v) is 7.39. The topological polar surface area (TPSA) is 41.7 Å². The maximum atomic E-state index is 14.0. The van der Waals surface area contributed by atoms with Gasteiger partial charge in [-0.2, -0.15) is 0 Å². The quantitative estimate of drug-likeness (QED) is 0.849. The number of halogens is 2. The summed E-state index contributed by atoms with van der Waals surface area (Å²) in [5.74, 6) is -0.920. The minimum atomic E-state index is -0.579. The van der Waals surface area contributed by atoms with Crippen LogP contribution in [0.2, 0.25) is 0 Å². The maximum Gasteiger partial charge on any atom is 0.129 e. The number of nitrogens with zero attached hydrogens (tertiary/aromatic N) is 2. The molecule has 0 unspecified atom stereocenters. The zero-order chi connectivity index (χ0) is 17.6. The van der Waals surface area contributed by atoms with E-state index in [0.717, 1.165) is 51.3 Å². The molecule has 1 fully saturated rings. The fourth-order valence-corrected chi connectivity index (χ4v) is 4.32. The largest absolute Gasteiger partial charge is 0.370 e. The summed E-state index contributed by atoms with van der Waals surface area (Å²) < 4.78 is 33.4. The first-order chi connectivity index (χ1) is 12.0. The van der Waals surface area contributed by atoms with Gasteiger partial charge in [-0.25, -0.2) is 8.78 Å². The van der Waals surface area contributed by atoms with E-state index in [0.29, 0.717) is 6.61 Å². The molecule has 2 N–H and O–H groups in total. The number of ether oxygens (including phenoxy) is 1. The predicted molar refractivity (Wildman–Crippen MR) is 92.1 cm³/mol. The number of rotatable bonds is 3. The molecular weight excluding hydrogens is 324 g/mol. The van der Waals surface area contributed by atoms with Crippen molar-refractivity contribution in [1.82, 2.24) is 9.80 Å². The summed E-state index contributed by atoms with van der Waals surface area (Å²) in [5, 5.41) is 0. The molecule has 4 nitrogen and oxygen atoms in total. The van der Waals surface area contributed by atoms with E-state index < -0.39 is 17.7 Å². The van der Waals surface area contributed by atoms with Gasteiger partial charge in [-0.3, -0.25) is 9.80 Å². The molecule has 4 rings (SSSR count). The van der Waals surface area contributed by atoms with Crippen LogP contribution < -0.4 is 5.73 Å². The molecule has 1 saturated heterocycles. The standard InChI is InChI=1S/C19H25F2N3O/c1-2-23-7-12-9-24(10-13(12)8-23)15-6-18(22)19(25-11-15)16-5-14(20)3-4-17(16)21/h3-5,15,18-19H,2,6-11,22H2,1H3/t15-,18+,19-/m1/s1. The van der Waals surface area contributed by atoms with E-state index in [4.69, 9.17) is 10.5 Å². The predicted octanol–water partition coefficient (Wildman–Crippen LogP) is 2.07. The normalized spacial score (nSPS) is 31.0. The molecule has 0 bridgehead atoms. The second kappa shape index (κ2) is 6.76. The van der Waals surface area contributed by atoms with Crippen LogP contribution in [0.15, 0.2) is 29.3 Å². The molecule has 0 spiro atoms. The van der Waals surface area contributed by atoms with Crippen LogP contribution in [0, 0.1) is 11.6 Å². The third-order valence-electron chi connectivity index (χ3n) is 5.75. The number of hydrogen-bond acceptors (Lipinski definition) is 4. The molecule has 0 aromatic heterocycles. The second-order valence-electron chi connectivity index (χ2n) is 7.39.